The Morgan fingerprint density at radius 1 is 1.29 bits per heavy atom. The summed E-state index contributed by atoms with van der Waals surface area (Å²) in [7, 11) is 5.15. The molecule has 0 radical (unpaired) electrons. The number of guanidine groups is 1. The van der Waals surface area contributed by atoms with Crippen molar-refractivity contribution < 1.29 is 14.3 Å². The first kappa shape index (κ1) is 25.5. The van der Waals surface area contributed by atoms with Crippen molar-refractivity contribution in [1.29, 1.82) is 0 Å². The largest absolute Gasteiger partial charge is 0.444 e. The van der Waals surface area contributed by atoms with Crippen LogP contribution in [0.25, 0.3) is 0 Å². The highest BCUT2D eigenvalue weighted by atomic mass is 127. The van der Waals surface area contributed by atoms with Gasteiger partial charge in [-0.25, -0.2) is 4.79 Å². The van der Waals surface area contributed by atoms with Gasteiger partial charge in [0.05, 0.1) is 6.61 Å². The van der Waals surface area contributed by atoms with Gasteiger partial charge in [-0.3, -0.25) is 4.99 Å². The molecule has 0 fully saturated rings. The number of halogens is 1. The van der Waals surface area contributed by atoms with Crippen LogP contribution in [-0.2, 0) is 9.47 Å². The first-order chi connectivity index (χ1) is 10.6. The summed E-state index contributed by atoms with van der Waals surface area (Å²) in [6.45, 7) is 11.6. The van der Waals surface area contributed by atoms with Crippen LogP contribution in [0.2, 0.25) is 0 Å². The number of nitrogens with one attached hydrogen (secondary N) is 2. The number of methoxy groups -OCH3 is 1. The van der Waals surface area contributed by atoms with Crippen LogP contribution in [0.3, 0.4) is 0 Å². The van der Waals surface area contributed by atoms with E-state index in [-0.39, 0.29) is 42.0 Å². The summed E-state index contributed by atoms with van der Waals surface area (Å²) in [6, 6.07) is 0.172. The molecular formula is C16H35IN4O3. The third-order valence-corrected chi connectivity index (χ3v) is 2.93. The third kappa shape index (κ3) is 12.6. The molecule has 0 saturated carbocycles. The summed E-state index contributed by atoms with van der Waals surface area (Å²) in [4.78, 5) is 17.7. The van der Waals surface area contributed by atoms with E-state index in [0.29, 0.717) is 19.7 Å². The molecule has 0 rings (SSSR count). The number of hydrogen-bond donors (Lipinski definition) is 2. The minimum absolute atomic E-state index is 0. The molecule has 0 spiro atoms. The fraction of sp³-hybridized carbons (Fsp3) is 0.875. The van der Waals surface area contributed by atoms with Crippen LogP contribution >= 0.6 is 24.0 Å². The number of carbonyl (C=O) groups is 1. The van der Waals surface area contributed by atoms with Crippen molar-refractivity contribution in [1.82, 2.24) is 15.5 Å². The molecular weight excluding hydrogens is 423 g/mol. The van der Waals surface area contributed by atoms with Crippen LogP contribution in [0.15, 0.2) is 4.99 Å². The van der Waals surface area contributed by atoms with E-state index in [4.69, 9.17) is 9.47 Å². The molecule has 0 aromatic carbocycles. The molecule has 0 aliphatic heterocycles. The van der Waals surface area contributed by atoms with Crippen molar-refractivity contribution in [3.8, 4) is 0 Å². The number of aliphatic imine (C=N–C) groups is 1. The van der Waals surface area contributed by atoms with E-state index in [2.05, 4.69) is 22.5 Å². The average molecular weight is 458 g/mol. The number of ether oxygens (including phenoxy) is 2. The van der Waals surface area contributed by atoms with E-state index in [9.17, 15) is 4.79 Å². The Morgan fingerprint density at radius 3 is 2.33 bits per heavy atom. The lowest BCUT2D eigenvalue weighted by molar-refractivity contribution is 0.0278. The van der Waals surface area contributed by atoms with Crippen LogP contribution in [0.1, 0.15) is 34.6 Å². The van der Waals surface area contributed by atoms with Gasteiger partial charge in [-0.1, -0.05) is 6.92 Å². The van der Waals surface area contributed by atoms with Gasteiger partial charge in [0.15, 0.2) is 5.96 Å². The highest BCUT2D eigenvalue weighted by Crippen LogP contribution is 2.10. The highest BCUT2D eigenvalue weighted by Gasteiger charge is 2.20. The van der Waals surface area contributed by atoms with E-state index in [1.807, 2.05) is 27.7 Å². The summed E-state index contributed by atoms with van der Waals surface area (Å²) in [5.41, 5.74) is -0.476. The molecule has 0 aromatic heterocycles. The van der Waals surface area contributed by atoms with Crippen molar-refractivity contribution in [3.63, 3.8) is 0 Å². The smallest absolute Gasteiger partial charge is 0.410 e. The molecule has 0 heterocycles. The molecule has 144 valence electrons. The number of hydrogen-bond acceptors (Lipinski definition) is 4. The Balaban J connectivity index is 0. The SMILES string of the molecule is CN=C(NCC(C)CN(C)C(=O)OC(C)(C)C)NC(C)COC.I. The summed E-state index contributed by atoms with van der Waals surface area (Å²) in [5.74, 6) is 0.977. The minimum atomic E-state index is -0.476. The van der Waals surface area contributed by atoms with Crippen molar-refractivity contribution in [2.45, 2.75) is 46.3 Å². The van der Waals surface area contributed by atoms with Gasteiger partial charge in [-0.15, -0.1) is 24.0 Å². The van der Waals surface area contributed by atoms with Crippen molar-refractivity contribution in [2.75, 3.05) is 40.9 Å². The van der Waals surface area contributed by atoms with E-state index in [0.717, 1.165) is 5.96 Å². The maximum Gasteiger partial charge on any atom is 0.410 e. The van der Waals surface area contributed by atoms with Crippen LogP contribution in [0, 0.1) is 5.92 Å². The third-order valence-electron chi connectivity index (χ3n) is 2.93. The van der Waals surface area contributed by atoms with Crippen molar-refractivity contribution in [2.24, 2.45) is 10.9 Å². The first-order valence-electron chi connectivity index (χ1n) is 7.99. The predicted octanol–water partition coefficient (Wildman–Crippen LogP) is 2.31. The van der Waals surface area contributed by atoms with E-state index in [1.165, 1.54) is 0 Å². The van der Waals surface area contributed by atoms with Crippen molar-refractivity contribution in [3.05, 3.63) is 0 Å². The number of rotatable bonds is 7. The van der Waals surface area contributed by atoms with E-state index < -0.39 is 5.60 Å². The fourth-order valence-electron chi connectivity index (χ4n) is 1.94. The highest BCUT2D eigenvalue weighted by molar-refractivity contribution is 14.0. The molecule has 0 bridgehead atoms. The summed E-state index contributed by atoms with van der Waals surface area (Å²) >= 11 is 0. The molecule has 7 nitrogen and oxygen atoms in total. The van der Waals surface area contributed by atoms with Crippen molar-refractivity contribution >= 4 is 36.0 Å². The topological polar surface area (TPSA) is 75.2 Å². The van der Waals surface area contributed by atoms with Crippen LogP contribution < -0.4 is 10.6 Å². The molecule has 24 heavy (non-hydrogen) atoms. The van der Waals surface area contributed by atoms with Gasteiger partial charge in [0.25, 0.3) is 0 Å². The molecule has 0 aromatic rings. The number of nitrogens with zero attached hydrogens (tertiary/aromatic N) is 2. The Hall–Kier alpha value is -0.770. The summed E-state index contributed by atoms with van der Waals surface area (Å²) < 4.78 is 10.4. The molecule has 0 aliphatic carbocycles. The van der Waals surface area contributed by atoms with E-state index >= 15 is 0 Å². The second kappa shape index (κ2) is 12.6. The zero-order valence-corrected chi connectivity index (χ0v) is 18.6. The quantitative estimate of drug-likeness (QED) is 0.348. The lowest BCUT2D eigenvalue weighted by Gasteiger charge is -2.27. The molecule has 0 saturated heterocycles. The van der Waals surface area contributed by atoms with Crippen LogP contribution in [-0.4, -0.2) is 69.5 Å². The van der Waals surface area contributed by atoms with Crippen LogP contribution in [0.4, 0.5) is 4.79 Å². The average Bonchev–Trinajstić information content (AvgIpc) is 2.41. The zero-order valence-electron chi connectivity index (χ0n) is 16.3. The Morgan fingerprint density at radius 2 is 1.88 bits per heavy atom. The number of carbonyl (C=O) groups excluding carboxylic acids is 1. The second-order valence-electron chi connectivity index (χ2n) is 6.92. The molecule has 8 heteroatoms. The van der Waals surface area contributed by atoms with Gasteiger partial charge >= 0.3 is 6.09 Å². The summed E-state index contributed by atoms with van der Waals surface area (Å²) in [5, 5.41) is 6.49. The monoisotopic (exact) mass is 458 g/mol. The Bertz CT molecular complexity index is 386. The van der Waals surface area contributed by atoms with Gasteiger partial charge < -0.3 is 25.0 Å². The molecule has 2 N–H and O–H groups in total. The first-order valence-corrected chi connectivity index (χ1v) is 7.99. The maximum atomic E-state index is 11.9. The maximum absolute atomic E-state index is 11.9. The van der Waals surface area contributed by atoms with Gasteiger partial charge in [0.2, 0.25) is 0 Å². The Labute approximate surface area is 164 Å². The van der Waals surface area contributed by atoms with Gasteiger partial charge in [0, 0.05) is 40.3 Å². The lowest BCUT2D eigenvalue weighted by Crippen LogP contribution is -2.46. The standard InChI is InChI=1S/C16H34N4O3.HI/c1-12(10-20(7)15(21)23-16(3,4)5)9-18-14(17-6)19-13(2)11-22-8;/h12-13H,9-11H2,1-8H3,(H2,17,18,19);1H. The normalized spacial score (nSPS) is 14.2. The van der Waals surface area contributed by atoms with Gasteiger partial charge in [-0.05, 0) is 33.6 Å². The zero-order chi connectivity index (χ0) is 18.0. The van der Waals surface area contributed by atoms with Gasteiger partial charge in [0.1, 0.15) is 5.60 Å². The summed E-state index contributed by atoms with van der Waals surface area (Å²) in [6.07, 6.45) is -0.305. The minimum Gasteiger partial charge on any atom is -0.444 e. The fourth-order valence-corrected chi connectivity index (χ4v) is 1.94. The van der Waals surface area contributed by atoms with E-state index in [1.54, 1.807) is 26.1 Å². The molecule has 0 aliphatic rings. The Kier molecular flexibility index (Phi) is 13.3. The predicted molar refractivity (Wildman–Crippen MR) is 109 cm³/mol. The lowest BCUT2D eigenvalue weighted by atomic mass is 10.1. The molecule has 2 unspecified atom stereocenters. The number of amides is 1. The van der Waals surface area contributed by atoms with Crippen LogP contribution in [0.5, 0.6) is 0 Å². The van der Waals surface area contributed by atoms with Gasteiger partial charge in [-0.2, -0.15) is 0 Å². The molecule has 2 atom stereocenters. The second-order valence-corrected chi connectivity index (χ2v) is 6.92. The molecule has 1 amide bonds.